The zero-order valence-electron chi connectivity index (χ0n) is 8.44. The first-order valence-electron chi connectivity index (χ1n) is 3.75. The summed E-state index contributed by atoms with van der Waals surface area (Å²) in [7, 11) is 1.62. The molecular weight excluding hydrogens is 170 g/mol. The zero-order valence-corrected chi connectivity index (χ0v) is 9.19. The van der Waals surface area contributed by atoms with Crippen molar-refractivity contribution in [2.45, 2.75) is 19.8 Å². The monoisotopic (exact) mass is 188 g/mol. The van der Waals surface area contributed by atoms with Gasteiger partial charge >= 0.3 is 18.9 Å². The SMILES string of the molecule is COCCOCCl.[CH2-]CCC.[Li+]. The van der Waals surface area contributed by atoms with Crippen LogP contribution in [0.4, 0.5) is 0 Å². The number of rotatable bonds is 5. The molecule has 0 aliphatic carbocycles. The summed E-state index contributed by atoms with van der Waals surface area (Å²) in [4.78, 5) is 0. The maximum atomic E-state index is 5.16. The number of ether oxygens (including phenoxy) is 2. The second-order valence-corrected chi connectivity index (χ2v) is 2.08. The van der Waals surface area contributed by atoms with Gasteiger partial charge in [-0.3, -0.25) is 0 Å². The number of unbranched alkanes of at least 4 members (excludes halogenated alkanes) is 1. The van der Waals surface area contributed by atoms with Gasteiger partial charge in [-0.25, -0.2) is 0 Å². The number of halogens is 1. The molecule has 0 unspecified atom stereocenters. The second kappa shape index (κ2) is 22.6. The van der Waals surface area contributed by atoms with Gasteiger partial charge in [-0.05, 0) is 0 Å². The van der Waals surface area contributed by atoms with Crippen LogP contribution in [0.25, 0.3) is 0 Å². The van der Waals surface area contributed by atoms with E-state index in [1.54, 1.807) is 7.11 Å². The van der Waals surface area contributed by atoms with E-state index in [4.69, 9.17) is 16.3 Å². The van der Waals surface area contributed by atoms with Gasteiger partial charge in [-0.15, -0.1) is 0 Å². The van der Waals surface area contributed by atoms with Gasteiger partial charge in [-0.1, -0.05) is 24.9 Å². The Balaban J connectivity index is -0.000000142. The van der Waals surface area contributed by atoms with E-state index in [1.807, 2.05) is 0 Å². The van der Waals surface area contributed by atoms with Gasteiger partial charge in [0.1, 0.15) is 6.07 Å². The molecule has 12 heavy (non-hydrogen) atoms. The Kier molecular flexibility index (Phi) is 35.0. The van der Waals surface area contributed by atoms with Gasteiger partial charge in [0.15, 0.2) is 0 Å². The quantitative estimate of drug-likeness (QED) is 0.250. The van der Waals surface area contributed by atoms with E-state index >= 15 is 0 Å². The van der Waals surface area contributed by atoms with Crippen LogP contribution in [0.1, 0.15) is 19.8 Å². The third-order valence-corrected chi connectivity index (χ3v) is 1.02. The summed E-state index contributed by atoms with van der Waals surface area (Å²) >= 11 is 5.16. The molecule has 0 saturated carbocycles. The van der Waals surface area contributed by atoms with Gasteiger partial charge < -0.3 is 16.4 Å². The smallest absolute Gasteiger partial charge is 0.382 e. The van der Waals surface area contributed by atoms with Crippen LogP contribution in [0, 0.1) is 6.92 Å². The Morgan fingerprint density at radius 2 is 1.83 bits per heavy atom. The molecule has 0 saturated heterocycles. The summed E-state index contributed by atoms with van der Waals surface area (Å²) in [5, 5.41) is 0. The number of methoxy groups -OCH3 is 1. The van der Waals surface area contributed by atoms with Crippen LogP contribution in [-0.4, -0.2) is 26.4 Å². The Morgan fingerprint density at radius 3 is 2.08 bits per heavy atom. The molecule has 0 aliphatic heterocycles. The predicted octanol–water partition coefficient (Wildman–Crippen LogP) is -0.530. The van der Waals surface area contributed by atoms with E-state index in [9.17, 15) is 0 Å². The summed E-state index contributed by atoms with van der Waals surface area (Å²) in [6.45, 7) is 6.92. The standard InChI is InChI=1S/C4H9ClO2.C4H9.Li/c1-6-2-3-7-4-5;1-3-4-2;/h2-4H2,1H3;1,3-4H2,2H3;/q;-1;+1. The maximum Gasteiger partial charge on any atom is 1.00 e. The molecule has 0 aromatic rings. The first-order valence-corrected chi connectivity index (χ1v) is 4.28. The average molecular weight is 189 g/mol. The summed E-state index contributed by atoms with van der Waals surface area (Å²) in [5.74, 6) is 0. The second-order valence-electron chi connectivity index (χ2n) is 1.86. The van der Waals surface area contributed by atoms with E-state index in [2.05, 4.69) is 18.6 Å². The molecule has 4 heteroatoms. The minimum absolute atomic E-state index is 0. The van der Waals surface area contributed by atoms with Crippen LogP contribution in [0.3, 0.4) is 0 Å². The van der Waals surface area contributed by atoms with Crippen molar-refractivity contribution in [3.63, 3.8) is 0 Å². The molecule has 0 N–H and O–H groups in total. The molecule has 0 rings (SSSR count). The molecule has 0 atom stereocenters. The van der Waals surface area contributed by atoms with Crippen LogP contribution in [-0.2, 0) is 9.47 Å². The Bertz CT molecular complexity index is 50.3. The molecule has 0 spiro atoms. The Hall–Kier alpha value is 0.807. The molecule has 0 aliphatic rings. The molecule has 0 aromatic heterocycles. The summed E-state index contributed by atoms with van der Waals surface area (Å²) < 4.78 is 9.37. The number of hydrogen-bond acceptors (Lipinski definition) is 2. The van der Waals surface area contributed by atoms with E-state index in [1.165, 1.54) is 6.42 Å². The zero-order chi connectivity index (χ0) is 8.95. The van der Waals surface area contributed by atoms with Gasteiger partial charge in [-0.2, -0.15) is 6.42 Å². The van der Waals surface area contributed by atoms with Gasteiger partial charge in [0, 0.05) is 7.11 Å². The predicted molar refractivity (Wildman–Crippen MR) is 48.8 cm³/mol. The van der Waals surface area contributed by atoms with E-state index < -0.39 is 0 Å². The summed E-state index contributed by atoms with van der Waals surface area (Å²) in [6.07, 6.45) is 2.28. The molecule has 0 aromatic carbocycles. The van der Waals surface area contributed by atoms with E-state index in [-0.39, 0.29) is 24.9 Å². The van der Waals surface area contributed by atoms with Crippen molar-refractivity contribution in [3.05, 3.63) is 6.92 Å². The van der Waals surface area contributed by atoms with Crippen LogP contribution in [0.2, 0.25) is 0 Å². The first-order chi connectivity index (χ1) is 5.33. The van der Waals surface area contributed by atoms with Crippen molar-refractivity contribution in [1.29, 1.82) is 0 Å². The van der Waals surface area contributed by atoms with E-state index in [0.717, 1.165) is 6.42 Å². The van der Waals surface area contributed by atoms with Crippen molar-refractivity contribution in [2.75, 3.05) is 26.4 Å². The fourth-order valence-electron chi connectivity index (χ4n) is 0.197. The maximum absolute atomic E-state index is 5.16. The van der Waals surface area contributed by atoms with Crippen molar-refractivity contribution < 1.29 is 28.3 Å². The summed E-state index contributed by atoms with van der Waals surface area (Å²) in [6, 6.07) is 0.253. The molecular formula is C8H18ClLiO2. The Morgan fingerprint density at radius 1 is 1.33 bits per heavy atom. The molecule has 70 valence electrons. The largest absolute Gasteiger partial charge is 1.00 e. The molecule has 0 amide bonds. The normalized spacial score (nSPS) is 8.00. The van der Waals surface area contributed by atoms with Crippen LogP contribution >= 0.6 is 11.6 Å². The summed E-state index contributed by atoms with van der Waals surface area (Å²) in [5.41, 5.74) is 0. The fourth-order valence-corrected chi connectivity index (χ4v) is 0.306. The topological polar surface area (TPSA) is 18.5 Å². The minimum Gasteiger partial charge on any atom is -0.382 e. The third-order valence-electron chi connectivity index (χ3n) is 0.863. The van der Waals surface area contributed by atoms with Gasteiger partial charge in [0.2, 0.25) is 0 Å². The average Bonchev–Trinajstić information content (AvgIpc) is 2.06. The molecule has 0 heterocycles. The molecule has 0 bridgehead atoms. The van der Waals surface area contributed by atoms with Gasteiger partial charge in [0.05, 0.1) is 13.2 Å². The Labute approximate surface area is 93.1 Å². The minimum atomic E-state index is 0. The molecule has 0 radical (unpaired) electrons. The van der Waals surface area contributed by atoms with Crippen molar-refractivity contribution in [2.24, 2.45) is 0 Å². The van der Waals surface area contributed by atoms with Crippen molar-refractivity contribution in [1.82, 2.24) is 0 Å². The fraction of sp³-hybridized carbons (Fsp3) is 0.875. The number of hydrogen-bond donors (Lipinski definition) is 0. The van der Waals surface area contributed by atoms with Crippen molar-refractivity contribution >= 4 is 11.6 Å². The third kappa shape index (κ3) is 30.8. The molecule has 2 nitrogen and oxygen atoms in total. The first kappa shape index (κ1) is 18.6. The number of alkyl halides is 1. The van der Waals surface area contributed by atoms with Crippen LogP contribution in [0.15, 0.2) is 0 Å². The van der Waals surface area contributed by atoms with Crippen LogP contribution in [0.5, 0.6) is 0 Å². The van der Waals surface area contributed by atoms with E-state index in [0.29, 0.717) is 13.2 Å². The molecule has 0 fully saturated rings. The van der Waals surface area contributed by atoms with Gasteiger partial charge in [0.25, 0.3) is 0 Å². The van der Waals surface area contributed by atoms with Crippen molar-refractivity contribution in [3.8, 4) is 0 Å². The van der Waals surface area contributed by atoms with Crippen LogP contribution < -0.4 is 18.9 Å².